The molecule has 0 radical (unpaired) electrons. The number of para-hydroxylation sites is 1. The van der Waals surface area contributed by atoms with Crippen LogP contribution < -0.4 is 4.74 Å². The van der Waals surface area contributed by atoms with Gasteiger partial charge in [-0.3, -0.25) is 9.78 Å². The van der Waals surface area contributed by atoms with E-state index in [0.29, 0.717) is 16.9 Å². The molecule has 32 heavy (non-hydrogen) atoms. The number of pyridine rings is 2. The summed E-state index contributed by atoms with van der Waals surface area (Å²) >= 11 is 0. The highest BCUT2D eigenvalue weighted by atomic mass is 19.4. The Bertz CT molecular complexity index is 1310. The van der Waals surface area contributed by atoms with Crippen LogP contribution in [0, 0.1) is 0 Å². The zero-order valence-corrected chi connectivity index (χ0v) is 17.5. The Morgan fingerprint density at radius 3 is 2.50 bits per heavy atom. The number of ether oxygens (including phenoxy) is 1. The monoisotopic (exact) mass is 440 g/mol. The van der Waals surface area contributed by atoms with Gasteiger partial charge in [0.15, 0.2) is 0 Å². The number of fused-ring (bicyclic) bond motifs is 1. The lowest BCUT2D eigenvalue weighted by Crippen LogP contribution is -2.21. The first kappa shape index (κ1) is 21.4. The highest BCUT2D eigenvalue weighted by Crippen LogP contribution is 2.45. The summed E-state index contributed by atoms with van der Waals surface area (Å²) in [4.78, 5) is 24.7. The van der Waals surface area contributed by atoms with Gasteiger partial charge in [0.1, 0.15) is 11.4 Å². The Hall–Kier alpha value is -3.88. The molecule has 0 saturated heterocycles. The summed E-state index contributed by atoms with van der Waals surface area (Å²) < 4.78 is 48.7. The van der Waals surface area contributed by atoms with E-state index in [1.54, 1.807) is 38.4 Å². The van der Waals surface area contributed by atoms with Crippen LogP contribution >= 0.6 is 0 Å². The molecule has 0 aliphatic carbocycles. The molecule has 1 aromatic carbocycles. The molecule has 6 nitrogen and oxygen atoms in total. The number of alkyl halides is 3. The molecule has 3 heterocycles. The summed E-state index contributed by atoms with van der Waals surface area (Å²) in [6.07, 6.45) is 0.548. The molecule has 0 unspecified atom stereocenters. The van der Waals surface area contributed by atoms with Gasteiger partial charge < -0.3 is 14.6 Å². The Labute approximate surface area is 181 Å². The van der Waals surface area contributed by atoms with Gasteiger partial charge in [0, 0.05) is 66.5 Å². The number of carbonyl (C=O) groups is 1. The van der Waals surface area contributed by atoms with Gasteiger partial charge in [-0.05, 0) is 12.1 Å². The number of rotatable bonds is 4. The lowest BCUT2D eigenvalue weighted by atomic mass is 9.95. The Morgan fingerprint density at radius 1 is 1.06 bits per heavy atom. The molecule has 4 aromatic rings. The maximum absolute atomic E-state index is 14.4. The van der Waals surface area contributed by atoms with Gasteiger partial charge in [-0.2, -0.15) is 13.2 Å². The van der Waals surface area contributed by atoms with E-state index in [-0.39, 0.29) is 33.6 Å². The van der Waals surface area contributed by atoms with Crippen molar-refractivity contribution in [1.82, 2.24) is 19.9 Å². The van der Waals surface area contributed by atoms with Gasteiger partial charge in [0.25, 0.3) is 5.91 Å². The van der Waals surface area contributed by atoms with E-state index in [0.717, 1.165) is 6.20 Å². The molecular formula is C23H19F3N4O2. The molecule has 0 aliphatic rings. The van der Waals surface area contributed by atoms with Crippen molar-refractivity contribution in [3.8, 4) is 28.0 Å². The van der Waals surface area contributed by atoms with Gasteiger partial charge in [-0.25, -0.2) is 4.98 Å². The third kappa shape index (κ3) is 3.66. The normalized spacial score (nSPS) is 11.6. The molecular weight excluding hydrogens is 421 g/mol. The van der Waals surface area contributed by atoms with Gasteiger partial charge in [0.2, 0.25) is 0 Å². The minimum absolute atomic E-state index is 0.0798. The van der Waals surface area contributed by atoms with Crippen molar-refractivity contribution in [2.45, 2.75) is 6.18 Å². The highest BCUT2D eigenvalue weighted by Gasteiger charge is 2.38. The maximum Gasteiger partial charge on any atom is 0.417 e. The zero-order chi connectivity index (χ0) is 23.0. The van der Waals surface area contributed by atoms with Crippen molar-refractivity contribution in [1.29, 1.82) is 0 Å². The summed E-state index contributed by atoms with van der Waals surface area (Å²) in [5, 5.41) is -0.0798. The van der Waals surface area contributed by atoms with Crippen LogP contribution in [0.2, 0.25) is 0 Å². The zero-order valence-electron chi connectivity index (χ0n) is 17.5. The van der Waals surface area contributed by atoms with E-state index in [1.807, 2.05) is 0 Å². The lowest BCUT2D eigenvalue weighted by Gasteiger charge is -2.17. The Kier molecular flexibility index (Phi) is 5.33. The topological polar surface area (TPSA) is 71.1 Å². The molecule has 3 aromatic heterocycles. The number of hydrogen-bond acceptors (Lipinski definition) is 4. The maximum atomic E-state index is 14.4. The first-order valence-corrected chi connectivity index (χ1v) is 9.60. The fourth-order valence-corrected chi connectivity index (χ4v) is 3.65. The smallest absolute Gasteiger partial charge is 0.417 e. The fourth-order valence-electron chi connectivity index (χ4n) is 3.65. The molecule has 1 amide bonds. The van der Waals surface area contributed by atoms with Gasteiger partial charge in [-0.1, -0.05) is 18.2 Å². The lowest BCUT2D eigenvalue weighted by molar-refractivity contribution is -0.135. The number of H-pyrrole nitrogens is 1. The van der Waals surface area contributed by atoms with Crippen LogP contribution in [0.1, 0.15) is 15.9 Å². The van der Waals surface area contributed by atoms with Crippen molar-refractivity contribution in [3.05, 3.63) is 66.2 Å². The summed E-state index contributed by atoms with van der Waals surface area (Å²) in [6, 6.07) is 8.22. The number of nitrogens with one attached hydrogen (secondary N) is 1. The average molecular weight is 440 g/mol. The van der Waals surface area contributed by atoms with Crippen molar-refractivity contribution in [2.24, 2.45) is 0 Å². The standard InChI is InChI=1S/C23H19F3N4O2/c1-30(2)22(31)14-8-13(9-27-10-14)16-11-28-21-19(20(16)23(24,25)26)17(12-29-21)15-6-4-5-7-18(15)32-3/h4-12H,1-3H3,(H,28,29). The molecule has 9 heteroatoms. The van der Waals surface area contributed by atoms with Gasteiger partial charge in [0.05, 0.1) is 18.2 Å². The predicted molar refractivity (Wildman–Crippen MR) is 114 cm³/mol. The number of aromatic nitrogens is 3. The molecule has 0 atom stereocenters. The number of methoxy groups -OCH3 is 1. The van der Waals surface area contributed by atoms with Crippen LogP contribution in [0.4, 0.5) is 13.2 Å². The van der Waals surface area contributed by atoms with Crippen LogP contribution in [0.3, 0.4) is 0 Å². The van der Waals surface area contributed by atoms with E-state index in [1.165, 1.54) is 36.7 Å². The summed E-state index contributed by atoms with van der Waals surface area (Å²) in [5.41, 5.74) is 0.206. The summed E-state index contributed by atoms with van der Waals surface area (Å²) in [7, 11) is 4.58. The van der Waals surface area contributed by atoms with Crippen molar-refractivity contribution in [2.75, 3.05) is 21.2 Å². The van der Waals surface area contributed by atoms with Crippen LogP contribution in [0.25, 0.3) is 33.3 Å². The van der Waals surface area contributed by atoms with E-state index in [9.17, 15) is 18.0 Å². The molecule has 0 saturated carbocycles. The van der Waals surface area contributed by atoms with E-state index in [4.69, 9.17) is 4.74 Å². The van der Waals surface area contributed by atoms with Crippen LogP contribution in [-0.4, -0.2) is 47.0 Å². The Balaban J connectivity index is 2.02. The number of hydrogen-bond donors (Lipinski definition) is 1. The minimum atomic E-state index is -4.70. The van der Waals surface area contributed by atoms with Gasteiger partial charge >= 0.3 is 6.18 Å². The second-order valence-corrected chi connectivity index (χ2v) is 7.33. The predicted octanol–water partition coefficient (Wildman–Crippen LogP) is 5.02. The molecule has 0 fully saturated rings. The number of benzene rings is 1. The van der Waals surface area contributed by atoms with Crippen LogP contribution in [0.15, 0.2) is 55.1 Å². The summed E-state index contributed by atoms with van der Waals surface area (Å²) in [6.45, 7) is 0. The van der Waals surface area contributed by atoms with Crippen LogP contribution in [-0.2, 0) is 6.18 Å². The van der Waals surface area contributed by atoms with E-state index < -0.39 is 11.7 Å². The molecule has 4 rings (SSSR count). The number of aromatic amines is 1. The molecule has 0 aliphatic heterocycles. The molecule has 1 N–H and O–H groups in total. The first-order chi connectivity index (χ1) is 15.2. The number of nitrogens with zero attached hydrogens (tertiary/aromatic N) is 3. The number of halogens is 3. The second-order valence-electron chi connectivity index (χ2n) is 7.33. The van der Waals surface area contributed by atoms with Crippen molar-refractivity contribution < 1.29 is 22.7 Å². The highest BCUT2D eigenvalue weighted by molar-refractivity contribution is 6.01. The largest absolute Gasteiger partial charge is 0.496 e. The molecule has 164 valence electrons. The van der Waals surface area contributed by atoms with E-state index >= 15 is 0 Å². The minimum Gasteiger partial charge on any atom is -0.496 e. The number of amides is 1. The first-order valence-electron chi connectivity index (χ1n) is 9.60. The third-order valence-electron chi connectivity index (χ3n) is 5.08. The second kappa shape index (κ2) is 7.99. The Morgan fingerprint density at radius 2 is 1.81 bits per heavy atom. The quantitative estimate of drug-likeness (QED) is 0.484. The van der Waals surface area contributed by atoms with Crippen molar-refractivity contribution in [3.63, 3.8) is 0 Å². The SMILES string of the molecule is COc1ccccc1-c1c[nH]c2ncc(-c3cncc(C(=O)N(C)C)c3)c(C(F)(F)F)c12. The fraction of sp³-hybridized carbons (Fsp3) is 0.174. The summed E-state index contributed by atoms with van der Waals surface area (Å²) in [5.74, 6) is 0.0745. The van der Waals surface area contributed by atoms with Gasteiger partial charge in [-0.15, -0.1) is 0 Å². The van der Waals surface area contributed by atoms with E-state index in [2.05, 4.69) is 15.0 Å². The number of carbonyl (C=O) groups excluding carboxylic acids is 1. The van der Waals surface area contributed by atoms with Crippen molar-refractivity contribution >= 4 is 16.9 Å². The molecule has 0 bridgehead atoms. The average Bonchev–Trinajstić information content (AvgIpc) is 3.21. The third-order valence-corrected chi connectivity index (χ3v) is 5.08. The molecule has 0 spiro atoms. The van der Waals surface area contributed by atoms with Crippen LogP contribution in [0.5, 0.6) is 5.75 Å².